The van der Waals surface area contributed by atoms with E-state index in [1.807, 2.05) is 24.3 Å². The molecule has 0 aromatic heterocycles. The van der Waals surface area contributed by atoms with Crippen LogP contribution in [0.15, 0.2) is 29.4 Å². The first-order valence-electron chi connectivity index (χ1n) is 5.00. The van der Waals surface area contributed by atoms with E-state index in [1.165, 1.54) is 10.0 Å². The summed E-state index contributed by atoms with van der Waals surface area (Å²) in [6, 6.07) is 7.52. The third-order valence-corrected chi connectivity index (χ3v) is 2.20. The molecule has 1 aromatic rings. The highest BCUT2D eigenvalue weighted by Crippen LogP contribution is 2.12. The van der Waals surface area contributed by atoms with Crippen molar-refractivity contribution in [3.05, 3.63) is 29.8 Å². The van der Waals surface area contributed by atoms with Gasteiger partial charge in [-0.05, 0) is 17.7 Å². The van der Waals surface area contributed by atoms with Crippen LogP contribution in [0.2, 0.25) is 0 Å². The molecule has 1 rings (SSSR count). The van der Waals surface area contributed by atoms with Crippen molar-refractivity contribution in [3.63, 3.8) is 0 Å². The van der Waals surface area contributed by atoms with Crippen molar-refractivity contribution < 1.29 is 4.74 Å². The zero-order chi connectivity index (χ0) is 12.8. The van der Waals surface area contributed by atoms with E-state index < -0.39 is 0 Å². The van der Waals surface area contributed by atoms with Crippen LogP contribution in [0, 0.1) is 0 Å². The molecule has 7 heteroatoms. The van der Waals surface area contributed by atoms with E-state index in [0.717, 1.165) is 11.3 Å². The van der Waals surface area contributed by atoms with Crippen LogP contribution >= 0.6 is 0 Å². The number of benzene rings is 1. The number of hydrazone groups is 1. The Morgan fingerprint density at radius 3 is 2.29 bits per heavy atom. The van der Waals surface area contributed by atoms with Crippen LogP contribution < -0.4 is 22.3 Å². The van der Waals surface area contributed by atoms with E-state index in [4.69, 9.17) is 22.3 Å². The van der Waals surface area contributed by atoms with E-state index >= 15 is 0 Å². The molecule has 7 nitrogen and oxygen atoms in total. The summed E-state index contributed by atoms with van der Waals surface area (Å²) < 4.78 is 5.06. The van der Waals surface area contributed by atoms with E-state index in [1.54, 1.807) is 14.2 Å². The van der Waals surface area contributed by atoms with Crippen molar-refractivity contribution in [1.29, 1.82) is 0 Å². The van der Waals surface area contributed by atoms with Gasteiger partial charge in [0.25, 0.3) is 0 Å². The lowest BCUT2D eigenvalue weighted by molar-refractivity contribution is 0.351. The molecule has 0 heterocycles. The highest BCUT2D eigenvalue weighted by atomic mass is 16.5. The van der Waals surface area contributed by atoms with E-state index in [9.17, 15) is 0 Å². The van der Waals surface area contributed by atoms with Crippen molar-refractivity contribution in [2.45, 2.75) is 6.54 Å². The average Bonchev–Trinajstić information content (AvgIpc) is 2.30. The van der Waals surface area contributed by atoms with Gasteiger partial charge >= 0.3 is 0 Å². The number of ether oxygens (including phenoxy) is 1. The number of hydrazine groups is 2. The Labute approximate surface area is 100 Å². The smallest absolute Gasteiger partial charge is 0.247 e. The molecule has 0 bridgehead atoms. The van der Waals surface area contributed by atoms with E-state index in [0.29, 0.717) is 12.5 Å². The number of methoxy groups -OCH3 is 1. The van der Waals surface area contributed by atoms with Crippen molar-refractivity contribution >= 4 is 5.96 Å². The van der Waals surface area contributed by atoms with Gasteiger partial charge < -0.3 is 10.6 Å². The van der Waals surface area contributed by atoms with Gasteiger partial charge in [0, 0.05) is 7.05 Å². The summed E-state index contributed by atoms with van der Waals surface area (Å²) >= 11 is 0. The van der Waals surface area contributed by atoms with Crippen molar-refractivity contribution in [1.82, 2.24) is 10.0 Å². The van der Waals surface area contributed by atoms with Gasteiger partial charge in [-0.3, -0.25) is 10.0 Å². The molecule has 0 amide bonds. The molecule has 17 heavy (non-hydrogen) atoms. The van der Waals surface area contributed by atoms with Gasteiger partial charge in [0.2, 0.25) is 5.96 Å². The largest absolute Gasteiger partial charge is 0.497 e. The fourth-order valence-corrected chi connectivity index (χ4v) is 1.37. The third-order valence-electron chi connectivity index (χ3n) is 2.20. The molecule has 0 atom stereocenters. The maximum atomic E-state index is 5.80. The first kappa shape index (κ1) is 13.1. The number of nitrogens with two attached hydrogens (primary N) is 3. The quantitative estimate of drug-likeness (QED) is 0.281. The fourth-order valence-electron chi connectivity index (χ4n) is 1.37. The molecular formula is C10H18N6O. The molecule has 6 N–H and O–H groups in total. The molecule has 0 fully saturated rings. The minimum atomic E-state index is 0.292. The maximum Gasteiger partial charge on any atom is 0.247 e. The van der Waals surface area contributed by atoms with Crippen LogP contribution in [0.1, 0.15) is 5.56 Å². The minimum Gasteiger partial charge on any atom is -0.497 e. The summed E-state index contributed by atoms with van der Waals surface area (Å²) in [6.07, 6.45) is 0. The molecular weight excluding hydrogens is 220 g/mol. The Bertz CT molecular complexity index is 375. The molecule has 0 unspecified atom stereocenters. The Hall–Kier alpha value is -1.99. The molecule has 1 aromatic carbocycles. The van der Waals surface area contributed by atoms with Gasteiger partial charge in [-0.2, -0.15) is 0 Å². The van der Waals surface area contributed by atoms with E-state index in [-0.39, 0.29) is 0 Å². The Morgan fingerprint density at radius 2 is 1.88 bits per heavy atom. The van der Waals surface area contributed by atoms with Crippen LogP contribution in [0.5, 0.6) is 5.75 Å². The van der Waals surface area contributed by atoms with Gasteiger partial charge in [0.05, 0.1) is 13.7 Å². The molecule has 0 aliphatic heterocycles. The number of guanidine groups is 1. The van der Waals surface area contributed by atoms with Crippen LogP contribution in [-0.4, -0.2) is 30.1 Å². The molecule has 94 valence electrons. The van der Waals surface area contributed by atoms with Crippen molar-refractivity contribution in [2.75, 3.05) is 14.2 Å². The minimum absolute atomic E-state index is 0.292. The molecule has 0 aliphatic rings. The van der Waals surface area contributed by atoms with Crippen molar-refractivity contribution in [2.24, 2.45) is 22.6 Å². The summed E-state index contributed by atoms with van der Waals surface area (Å²) in [4.78, 5) is 0. The van der Waals surface area contributed by atoms with Gasteiger partial charge in [0.1, 0.15) is 5.75 Å². The second-order valence-corrected chi connectivity index (χ2v) is 3.52. The summed E-state index contributed by atoms with van der Waals surface area (Å²) in [7, 11) is 3.23. The molecule has 0 saturated heterocycles. The van der Waals surface area contributed by atoms with Crippen LogP contribution in [0.3, 0.4) is 0 Å². The molecule has 0 saturated carbocycles. The van der Waals surface area contributed by atoms with Gasteiger partial charge in [-0.1, -0.05) is 12.1 Å². The first-order chi connectivity index (χ1) is 8.08. The second kappa shape index (κ2) is 5.92. The van der Waals surface area contributed by atoms with Gasteiger partial charge in [-0.25, -0.2) is 11.7 Å². The number of rotatable bonds is 3. The second-order valence-electron chi connectivity index (χ2n) is 3.52. The SMILES string of the molecule is COc1ccc(CN(N)/C(=N\N)N(C)N)cc1. The molecule has 0 aliphatic carbocycles. The number of nitrogens with zero attached hydrogens (tertiary/aromatic N) is 3. The monoisotopic (exact) mass is 238 g/mol. The fraction of sp³-hybridized carbons (Fsp3) is 0.300. The summed E-state index contributed by atoms with van der Waals surface area (Å²) in [6.45, 7) is 0.446. The lowest BCUT2D eigenvalue weighted by Gasteiger charge is -2.24. The Kier molecular flexibility index (Phi) is 4.56. The molecule has 0 spiro atoms. The lowest BCUT2D eigenvalue weighted by atomic mass is 10.2. The highest BCUT2D eigenvalue weighted by Gasteiger charge is 2.10. The maximum absolute atomic E-state index is 5.80. The zero-order valence-corrected chi connectivity index (χ0v) is 10.00. The van der Waals surface area contributed by atoms with Gasteiger partial charge in [-0.15, -0.1) is 5.10 Å². The zero-order valence-electron chi connectivity index (χ0n) is 10.00. The number of hydrogen-bond acceptors (Lipinski definition) is 5. The average molecular weight is 238 g/mol. The van der Waals surface area contributed by atoms with E-state index in [2.05, 4.69) is 5.10 Å². The number of hydrogen-bond donors (Lipinski definition) is 3. The highest BCUT2D eigenvalue weighted by molar-refractivity contribution is 5.78. The normalized spacial score (nSPS) is 11.2. The Morgan fingerprint density at radius 1 is 1.29 bits per heavy atom. The lowest BCUT2D eigenvalue weighted by Crippen LogP contribution is -2.49. The topological polar surface area (TPSA) is 106 Å². The predicted molar refractivity (Wildman–Crippen MR) is 66.3 cm³/mol. The van der Waals surface area contributed by atoms with Crippen LogP contribution in [0.25, 0.3) is 0 Å². The third kappa shape index (κ3) is 3.51. The van der Waals surface area contributed by atoms with Crippen LogP contribution in [-0.2, 0) is 6.54 Å². The summed E-state index contributed by atoms with van der Waals surface area (Å²) in [5, 5.41) is 6.13. The van der Waals surface area contributed by atoms with Crippen molar-refractivity contribution in [3.8, 4) is 5.75 Å². The summed E-state index contributed by atoms with van der Waals surface area (Å²) in [5.41, 5.74) is 0.997. The first-order valence-corrected chi connectivity index (χ1v) is 5.00. The Balaban J connectivity index is 2.70. The molecule has 0 radical (unpaired) electrons. The standard InChI is InChI=1S/C10H18N6O/c1-15(12)10(14-11)16(13)7-8-3-5-9(17-2)6-4-8/h3-6H,7,11-13H2,1-2H3/b14-10-. The van der Waals surface area contributed by atoms with Crippen LogP contribution in [0.4, 0.5) is 0 Å². The summed E-state index contributed by atoms with van der Waals surface area (Å²) in [5.74, 6) is 17.6. The predicted octanol–water partition coefficient (Wildman–Crippen LogP) is -0.594. The van der Waals surface area contributed by atoms with Gasteiger partial charge in [0.15, 0.2) is 0 Å².